The van der Waals surface area contributed by atoms with E-state index in [9.17, 15) is 38.4 Å². The zero-order valence-electron chi connectivity index (χ0n) is 64.2. The van der Waals surface area contributed by atoms with Gasteiger partial charge < -0.3 is 124 Å². The minimum absolute atomic E-state index is 0.0174. The number of nitrogens with zero attached hydrogens (tertiary/aromatic N) is 7. The maximum Gasteiger partial charge on any atom is 0.291 e. The number of ether oxygens (including phenoxy) is 11. The van der Waals surface area contributed by atoms with Gasteiger partial charge in [-0.2, -0.15) is 0 Å². The normalized spacial score (nSPS) is 12.5. The number of anilines is 6. The van der Waals surface area contributed by atoms with E-state index in [1.807, 2.05) is 35.2 Å². The highest BCUT2D eigenvalue weighted by molar-refractivity contribution is 6.31. The van der Waals surface area contributed by atoms with Crippen LogP contribution in [0.25, 0.3) is 22.3 Å². The van der Waals surface area contributed by atoms with Crippen LogP contribution in [0.3, 0.4) is 0 Å². The Morgan fingerprint density at radius 2 is 1.00 bits per heavy atom. The zero-order valence-corrected chi connectivity index (χ0v) is 64.9. The predicted octanol–water partition coefficient (Wildman–Crippen LogP) is 4.59. The van der Waals surface area contributed by atoms with Crippen LogP contribution >= 0.6 is 11.6 Å². The predicted molar refractivity (Wildman–Crippen MR) is 418 cm³/mol. The van der Waals surface area contributed by atoms with Crippen molar-refractivity contribution in [1.29, 1.82) is 0 Å². The molecule has 36 heteroatoms. The highest BCUT2D eigenvalue weighted by Gasteiger charge is 2.31. The van der Waals surface area contributed by atoms with Gasteiger partial charge in [0.2, 0.25) is 23.5 Å². The van der Waals surface area contributed by atoms with Crippen LogP contribution < -0.4 is 53.6 Å². The van der Waals surface area contributed by atoms with E-state index in [1.54, 1.807) is 76.2 Å². The first-order chi connectivity index (χ1) is 54.2. The molecule has 1 aliphatic rings. The number of halogens is 1. The van der Waals surface area contributed by atoms with Crippen LogP contribution in [-0.2, 0) is 101 Å². The van der Waals surface area contributed by atoms with Gasteiger partial charge in [0.05, 0.1) is 150 Å². The molecule has 1 aliphatic heterocycles. The molecule has 7 aromatic rings. The fraction of sp³-hybridized carbons (Fsp3) is 0.474. The number of carbonyl (C=O) groups excluding carboxylic acids is 8. The highest BCUT2D eigenvalue weighted by Crippen LogP contribution is 2.46. The Morgan fingerprint density at radius 3 is 1.54 bits per heavy atom. The fourth-order valence-electron chi connectivity index (χ4n) is 11.8. The number of hydrogen-bond acceptors (Lipinski definition) is 23. The van der Waals surface area contributed by atoms with E-state index in [2.05, 4.69) is 54.1 Å². The lowest BCUT2D eigenvalue weighted by Gasteiger charge is -2.36. The summed E-state index contributed by atoms with van der Waals surface area (Å²) < 4.78 is 66.5. The second-order valence-electron chi connectivity index (χ2n) is 25.6. The molecule has 5 heterocycles. The summed E-state index contributed by atoms with van der Waals surface area (Å²) in [4.78, 5) is 115. The van der Waals surface area contributed by atoms with Crippen LogP contribution in [0.2, 0.25) is 5.02 Å². The van der Waals surface area contributed by atoms with Gasteiger partial charge in [0.25, 0.3) is 35.4 Å². The van der Waals surface area contributed by atoms with E-state index in [-0.39, 0.29) is 116 Å². The van der Waals surface area contributed by atoms with Gasteiger partial charge in [0.15, 0.2) is 11.6 Å². The summed E-state index contributed by atoms with van der Waals surface area (Å²) in [7, 11) is 6.42. The second-order valence-corrected chi connectivity index (χ2v) is 26.0. The van der Waals surface area contributed by atoms with Crippen molar-refractivity contribution in [2.45, 2.75) is 39.2 Å². The number of aryl methyl sites for hydroxylation is 4. The molecule has 11 N–H and O–H groups in total. The Balaban J connectivity index is 0.579. The number of nitrogens with one attached hydrogen (secondary N) is 7. The third-order valence-corrected chi connectivity index (χ3v) is 17.4. The Bertz CT molecular complexity index is 4220. The van der Waals surface area contributed by atoms with Gasteiger partial charge in [-0.1, -0.05) is 29.8 Å². The van der Waals surface area contributed by atoms with E-state index in [0.717, 1.165) is 46.3 Å². The lowest BCUT2D eigenvalue weighted by atomic mass is 9.84. The molecule has 0 saturated carbocycles. The Morgan fingerprint density at radius 1 is 0.500 bits per heavy atom. The molecule has 112 heavy (non-hydrogen) atoms. The van der Waals surface area contributed by atoms with Gasteiger partial charge >= 0.3 is 0 Å². The number of aromatic nitrogens is 6. The van der Waals surface area contributed by atoms with Crippen molar-refractivity contribution in [1.82, 2.24) is 44.2 Å². The number of rotatable bonds is 51. The second kappa shape index (κ2) is 46.7. The number of nitrogen functional groups attached to an aromatic ring is 1. The Hall–Kier alpha value is -9.99. The van der Waals surface area contributed by atoms with Gasteiger partial charge in [-0.15, -0.1) is 0 Å². The molecule has 3 aromatic carbocycles. The number of benzene rings is 3. The quantitative estimate of drug-likeness (QED) is 0.0186. The molecule has 8 amide bonds. The molecule has 0 saturated heterocycles. The van der Waals surface area contributed by atoms with Crippen molar-refractivity contribution >= 4 is 93.2 Å². The van der Waals surface area contributed by atoms with E-state index >= 15 is 0 Å². The summed E-state index contributed by atoms with van der Waals surface area (Å²) in [5.74, 6) is -3.32. The van der Waals surface area contributed by atoms with Crippen LogP contribution in [0.1, 0.15) is 84.8 Å². The summed E-state index contributed by atoms with van der Waals surface area (Å²) in [5, 5.41) is 19.6. The maximum absolute atomic E-state index is 13.4. The molecule has 0 fully saturated rings. The van der Waals surface area contributed by atoms with Crippen molar-refractivity contribution in [3.63, 3.8) is 0 Å². The average molecular weight is 1580 g/mol. The molecule has 0 spiro atoms. The number of hydrogen-bond donors (Lipinski definition) is 9. The lowest BCUT2D eigenvalue weighted by Crippen LogP contribution is -2.40. The Kier molecular flexibility index (Phi) is 36.6. The van der Waals surface area contributed by atoms with E-state index in [1.165, 1.54) is 38.4 Å². The third-order valence-electron chi connectivity index (χ3n) is 17.2. The van der Waals surface area contributed by atoms with Crippen molar-refractivity contribution in [3.05, 3.63) is 131 Å². The van der Waals surface area contributed by atoms with Crippen molar-refractivity contribution < 1.29 is 90.5 Å². The van der Waals surface area contributed by atoms with Crippen LogP contribution in [0.4, 0.5) is 34.4 Å². The number of carbonyl (C=O) groups is 8. The fourth-order valence-corrected chi connectivity index (χ4v) is 11.9. The first kappa shape index (κ1) is 87.6. The van der Waals surface area contributed by atoms with Gasteiger partial charge in [-0.25, -0.2) is 9.97 Å². The van der Waals surface area contributed by atoms with E-state index in [0.29, 0.717) is 142 Å². The number of fused-ring (bicyclic) bond motifs is 1. The van der Waals surface area contributed by atoms with Gasteiger partial charge in [0.1, 0.15) is 18.0 Å². The first-order valence-electron chi connectivity index (χ1n) is 36.8. The molecule has 4 aromatic heterocycles. The smallest absolute Gasteiger partial charge is 0.291 e. The van der Waals surface area contributed by atoms with Crippen molar-refractivity contribution in [2.24, 2.45) is 33.9 Å². The molecular formula is C76H103ClN16O19. The summed E-state index contributed by atoms with van der Waals surface area (Å²) in [6, 6.07) is 19.9. The molecule has 35 nitrogen and oxygen atoms in total. The van der Waals surface area contributed by atoms with Gasteiger partial charge in [-0.3, -0.25) is 38.4 Å². The number of amides is 8. The minimum atomic E-state index is -0.645. The van der Waals surface area contributed by atoms with Crippen molar-refractivity contribution in [3.8, 4) is 22.3 Å². The summed E-state index contributed by atoms with van der Waals surface area (Å²) in [6.07, 6.45) is 7.48. The standard InChI is InChI=1S/C76H103ClN16O19/c1-51-7-13-58-62(93(51)52(2)94)16-14-57(68(58)59-45-55(77)12-15-60(59)79)53-8-10-54(11-9-53)72(97)81-21-25-103-28-31-105-33-35-107-37-39-109-41-42-110-40-38-108-36-34-106-32-29-104-26-22-82-74(99)69-61(18-23-89(69)3)84-76(101)71-87-64(48-92(71)6)85-66(95)17-20-80-73(98)63-46-56(47-90(63)4)83-75(100)70-88-65(49-91(70)5)86-67(96)50-112-44-43-111-30-27-102-24-19-78/h8-12,14-16,18,23,45-49,51H,7,13,17,19-22,24-44,50,78-79H2,1-6H3,(H,80,98)(H,81,97)(H,82,99)(H,83,100)(H,84,101)(H,85,95)(H,86,96)/t51-/m0/s1. The average Bonchev–Trinajstić information content (AvgIpc) is 1.01. The maximum atomic E-state index is 13.4. The molecule has 0 bridgehead atoms. The highest BCUT2D eigenvalue weighted by atomic mass is 35.5. The Labute approximate surface area is 654 Å². The molecule has 0 radical (unpaired) electrons. The van der Waals surface area contributed by atoms with E-state index < -0.39 is 35.4 Å². The molecule has 1 atom stereocenters. The van der Waals surface area contributed by atoms with Crippen LogP contribution in [0.15, 0.2) is 91.5 Å². The minimum Gasteiger partial charge on any atom is -0.398 e. The number of imidazole rings is 2. The zero-order chi connectivity index (χ0) is 80.2. The number of nitrogens with two attached hydrogens (primary N) is 2. The molecule has 0 aliphatic carbocycles. The monoisotopic (exact) mass is 1580 g/mol. The molecule has 0 unspecified atom stereocenters. The SMILES string of the molecule is CC(=O)N1c2ccc(-c3ccc(C(=O)NCCOCCOCCOCCOCCOCCOCCOCCOCCNC(=O)c4c(NC(=O)c5nc(NC(=O)CCNC(=O)c6cc(NC(=O)c7nc(NC(=O)COCCOCCOCCN)cn7C)cn6C)cn5C)ccn4C)cc3)c(-c3cc(Cl)ccc3N)c2CC[C@@H]1C. The molecule has 608 valence electrons. The van der Waals surface area contributed by atoms with E-state index in [4.69, 9.17) is 75.2 Å². The van der Waals surface area contributed by atoms with Gasteiger partial charge in [0, 0.05) is 126 Å². The molecular weight excluding hydrogens is 1480 g/mol. The lowest BCUT2D eigenvalue weighted by molar-refractivity contribution is -0.121. The van der Waals surface area contributed by atoms with Crippen LogP contribution in [0, 0.1) is 0 Å². The first-order valence-corrected chi connectivity index (χ1v) is 37.2. The summed E-state index contributed by atoms with van der Waals surface area (Å²) in [5.41, 5.74) is 19.3. The topological polar surface area (TPSA) is 423 Å². The largest absolute Gasteiger partial charge is 0.398 e. The summed E-state index contributed by atoms with van der Waals surface area (Å²) in [6.45, 7) is 11.7. The van der Waals surface area contributed by atoms with Crippen LogP contribution in [0.5, 0.6) is 0 Å². The van der Waals surface area contributed by atoms with Crippen LogP contribution in [-0.4, -0.2) is 253 Å². The molecule has 8 rings (SSSR count). The van der Waals surface area contributed by atoms with Crippen molar-refractivity contribution in [2.75, 3.05) is 203 Å². The van der Waals surface area contributed by atoms with Gasteiger partial charge in [-0.05, 0) is 90.6 Å². The summed E-state index contributed by atoms with van der Waals surface area (Å²) >= 11 is 6.49. The third kappa shape index (κ3) is 27.7.